The minimum atomic E-state index is 0.428. The number of hydrogen-bond donors (Lipinski definition) is 0. The van der Waals surface area contributed by atoms with Crippen LogP contribution in [0.4, 0.5) is 0 Å². The van der Waals surface area contributed by atoms with E-state index >= 15 is 0 Å². The molecule has 1 atom stereocenters. The van der Waals surface area contributed by atoms with Crippen molar-refractivity contribution in [2.45, 2.75) is 19.6 Å². The lowest BCUT2D eigenvalue weighted by atomic mass is 10.3. The predicted octanol–water partition coefficient (Wildman–Crippen LogP) is 1.65. The van der Waals surface area contributed by atoms with Crippen molar-refractivity contribution in [3.05, 3.63) is 42.5 Å². The first-order valence-corrected chi connectivity index (χ1v) is 4.83. The molecule has 0 aromatic carbocycles. The normalized spacial score (nSPS) is 20.6. The Labute approximate surface area is 84.7 Å². The van der Waals surface area contributed by atoms with Gasteiger partial charge in [0.1, 0.15) is 0 Å². The van der Waals surface area contributed by atoms with Gasteiger partial charge in [0.25, 0.3) is 0 Å². The van der Waals surface area contributed by atoms with Gasteiger partial charge >= 0.3 is 0 Å². The van der Waals surface area contributed by atoms with E-state index in [0.29, 0.717) is 6.17 Å². The number of hydrogen-bond acceptors (Lipinski definition) is 3. The van der Waals surface area contributed by atoms with Gasteiger partial charge in [-0.05, 0) is 19.1 Å². The van der Waals surface area contributed by atoms with E-state index in [1.54, 1.807) is 0 Å². The molecule has 0 bridgehead atoms. The van der Waals surface area contributed by atoms with E-state index < -0.39 is 0 Å². The molecule has 0 amide bonds. The number of rotatable bonds is 2. The average molecular weight is 189 g/mol. The third-order valence-corrected chi connectivity index (χ3v) is 2.63. The van der Waals surface area contributed by atoms with Gasteiger partial charge in [-0.25, -0.2) is 0 Å². The van der Waals surface area contributed by atoms with Gasteiger partial charge in [0, 0.05) is 25.6 Å². The fourth-order valence-corrected chi connectivity index (χ4v) is 1.54. The van der Waals surface area contributed by atoms with Crippen LogP contribution in [0.2, 0.25) is 0 Å². The van der Waals surface area contributed by atoms with Gasteiger partial charge in [-0.1, -0.05) is 6.07 Å². The quantitative estimate of drug-likeness (QED) is 0.705. The molecular weight excluding hydrogens is 174 g/mol. The van der Waals surface area contributed by atoms with E-state index in [9.17, 15) is 0 Å². The number of nitrogens with zero attached hydrogens (tertiary/aromatic N) is 3. The first-order valence-electron chi connectivity index (χ1n) is 4.83. The Bertz CT molecular complexity index is 321. The molecule has 0 radical (unpaired) electrons. The van der Waals surface area contributed by atoms with Gasteiger partial charge in [0.05, 0.1) is 18.4 Å². The van der Waals surface area contributed by atoms with E-state index in [1.807, 2.05) is 18.3 Å². The summed E-state index contributed by atoms with van der Waals surface area (Å²) >= 11 is 0. The zero-order valence-electron chi connectivity index (χ0n) is 8.59. The first-order chi connectivity index (χ1) is 6.77. The average Bonchev–Trinajstić information content (AvgIpc) is 2.52. The molecule has 0 aliphatic carbocycles. The zero-order valence-corrected chi connectivity index (χ0v) is 8.59. The Morgan fingerprint density at radius 1 is 1.36 bits per heavy atom. The summed E-state index contributed by atoms with van der Waals surface area (Å²) in [5, 5.41) is 0. The maximum absolute atomic E-state index is 4.31. The Morgan fingerprint density at radius 3 is 2.79 bits per heavy atom. The van der Waals surface area contributed by atoms with Gasteiger partial charge in [0.15, 0.2) is 0 Å². The Morgan fingerprint density at radius 2 is 2.21 bits per heavy atom. The van der Waals surface area contributed by atoms with Gasteiger partial charge in [0.2, 0.25) is 0 Å². The molecule has 3 nitrogen and oxygen atoms in total. The summed E-state index contributed by atoms with van der Waals surface area (Å²) in [4.78, 5) is 8.76. The minimum absolute atomic E-state index is 0.428. The van der Waals surface area contributed by atoms with Crippen molar-refractivity contribution in [1.82, 2.24) is 14.8 Å². The van der Waals surface area contributed by atoms with Crippen LogP contribution in [0.1, 0.15) is 12.6 Å². The van der Waals surface area contributed by atoms with Crippen molar-refractivity contribution in [2.75, 3.05) is 7.05 Å². The molecule has 74 valence electrons. The largest absolute Gasteiger partial charge is 0.359 e. The molecule has 3 heteroatoms. The number of pyridine rings is 1. The van der Waals surface area contributed by atoms with Gasteiger partial charge in [-0.2, -0.15) is 0 Å². The smallest absolute Gasteiger partial charge is 0.0978 e. The highest BCUT2D eigenvalue weighted by atomic mass is 15.4. The first kappa shape index (κ1) is 9.06. The van der Waals surface area contributed by atoms with Crippen LogP contribution in [0, 0.1) is 0 Å². The Balaban J connectivity index is 2.03. The lowest BCUT2D eigenvalue weighted by molar-refractivity contribution is 0.187. The highest BCUT2D eigenvalue weighted by Gasteiger charge is 2.18. The minimum Gasteiger partial charge on any atom is -0.359 e. The maximum atomic E-state index is 4.31. The molecule has 14 heavy (non-hydrogen) atoms. The second-order valence-corrected chi connectivity index (χ2v) is 3.59. The summed E-state index contributed by atoms with van der Waals surface area (Å²) < 4.78 is 0. The van der Waals surface area contributed by atoms with Crippen molar-refractivity contribution in [3.63, 3.8) is 0 Å². The van der Waals surface area contributed by atoms with Crippen molar-refractivity contribution in [1.29, 1.82) is 0 Å². The van der Waals surface area contributed by atoms with E-state index in [-0.39, 0.29) is 0 Å². The molecule has 2 heterocycles. The van der Waals surface area contributed by atoms with E-state index in [1.165, 1.54) is 0 Å². The summed E-state index contributed by atoms with van der Waals surface area (Å²) in [5.41, 5.74) is 1.11. The van der Waals surface area contributed by atoms with Gasteiger partial charge in [-0.15, -0.1) is 0 Å². The third kappa shape index (κ3) is 1.71. The molecule has 0 saturated carbocycles. The van der Waals surface area contributed by atoms with Crippen LogP contribution in [-0.4, -0.2) is 28.0 Å². The summed E-state index contributed by atoms with van der Waals surface area (Å²) in [5.74, 6) is 0. The van der Waals surface area contributed by atoms with Crippen LogP contribution >= 0.6 is 0 Å². The Hall–Kier alpha value is -1.51. The maximum Gasteiger partial charge on any atom is 0.0978 e. The molecule has 0 saturated heterocycles. The SMILES string of the molecule is CC1N(C)C=CN1Cc1ccccn1. The lowest BCUT2D eigenvalue weighted by Gasteiger charge is -2.26. The topological polar surface area (TPSA) is 19.4 Å². The van der Waals surface area contributed by atoms with Crippen LogP contribution < -0.4 is 0 Å². The summed E-state index contributed by atoms with van der Waals surface area (Å²) in [7, 11) is 2.08. The molecule has 0 fully saturated rings. The fourth-order valence-electron chi connectivity index (χ4n) is 1.54. The second kappa shape index (κ2) is 3.70. The monoisotopic (exact) mass is 189 g/mol. The summed E-state index contributed by atoms with van der Waals surface area (Å²) in [6.45, 7) is 3.06. The van der Waals surface area contributed by atoms with Crippen LogP contribution in [0.5, 0.6) is 0 Å². The standard InChI is InChI=1S/C11H15N3/c1-10-13(2)7-8-14(10)9-11-5-3-4-6-12-11/h3-8,10H,9H2,1-2H3. The summed E-state index contributed by atoms with van der Waals surface area (Å²) in [6.07, 6.45) is 6.47. The fraction of sp³-hybridized carbons (Fsp3) is 0.364. The highest BCUT2D eigenvalue weighted by molar-refractivity contribution is 5.06. The van der Waals surface area contributed by atoms with Crippen LogP contribution in [0.25, 0.3) is 0 Å². The molecule has 0 N–H and O–H groups in total. The second-order valence-electron chi connectivity index (χ2n) is 3.59. The summed E-state index contributed by atoms with van der Waals surface area (Å²) in [6, 6.07) is 6.02. The molecular formula is C11H15N3. The van der Waals surface area contributed by atoms with E-state index in [0.717, 1.165) is 12.2 Å². The van der Waals surface area contributed by atoms with Crippen LogP contribution in [0.3, 0.4) is 0 Å². The predicted molar refractivity (Wildman–Crippen MR) is 56.1 cm³/mol. The van der Waals surface area contributed by atoms with Crippen molar-refractivity contribution in [2.24, 2.45) is 0 Å². The molecule has 1 aromatic rings. The van der Waals surface area contributed by atoms with Crippen LogP contribution in [-0.2, 0) is 6.54 Å². The van der Waals surface area contributed by atoms with Crippen molar-refractivity contribution in [3.8, 4) is 0 Å². The number of aromatic nitrogens is 1. The lowest BCUT2D eigenvalue weighted by Crippen LogP contribution is -2.33. The van der Waals surface area contributed by atoms with Gasteiger partial charge < -0.3 is 9.80 Å². The van der Waals surface area contributed by atoms with E-state index in [2.05, 4.69) is 47.2 Å². The van der Waals surface area contributed by atoms with Crippen molar-refractivity contribution >= 4 is 0 Å². The highest BCUT2D eigenvalue weighted by Crippen LogP contribution is 2.15. The molecule has 0 spiro atoms. The van der Waals surface area contributed by atoms with Gasteiger partial charge in [-0.3, -0.25) is 4.98 Å². The zero-order chi connectivity index (χ0) is 9.97. The third-order valence-electron chi connectivity index (χ3n) is 2.63. The molecule has 1 aliphatic rings. The van der Waals surface area contributed by atoms with Crippen molar-refractivity contribution < 1.29 is 0 Å². The van der Waals surface area contributed by atoms with E-state index in [4.69, 9.17) is 0 Å². The Kier molecular flexibility index (Phi) is 2.39. The van der Waals surface area contributed by atoms with Crippen LogP contribution in [0.15, 0.2) is 36.8 Å². The molecule has 1 aliphatic heterocycles. The molecule has 1 unspecified atom stereocenters. The molecule has 1 aromatic heterocycles. The molecule has 2 rings (SSSR count).